The maximum atomic E-state index is 14.2. The standard InChI is InChI=1S/C20H21F2NO4/c1-2-27-19(25)20(11-14-4-5-16(21)10-17(14)22)7-3-8-23(13-20)18(24)15-6-9-26-12-15/h4-6,9-10,12H,2-3,7-8,11,13H2,1H3/t20-/m0/s1. The Morgan fingerprint density at radius 1 is 1.30 bits per heavy atom. The topological polar surface area (TPSA) is 59.8 Å². The average Bonchev–Trinajstić information content (AvgIpc) is 3.18. The van der Waals surface area contributed by atoms with Crippen LogP contribution < -0.4 is 0 Å². The Balaban J connectivity index is 1.90. The number of piperidine rings is 1. The van der Waals surface area contributed by atoms with Gasteiger partial charge in [-0.1, -0.05) is 6.07 Å². The van der Waals surface area contributed by atoms with E-state index in [-0.39, 0.29) is 31.0 Å². The van der Waals surface area contributed by atoms with Crippen molar-refractivity contribution < 1.29 is 27.5 Å². The number of hydrogen-bond acceptors (Lipinski definition) is 4. The summed E-state index contributed by atoms with van der Waals surface area (Å²) >= 11 is 0. The van der Waals surface area contributed by atoms with Gasteiger partial charge < -0.3 is 14.1 Å². The summed E-state index contributed by atoms with van der Waals surface area (Å²) in [5.74, 6) is -2.12. The monoisotopic (exact) mass is 377 g/mol. The molecule has 1 aromatic heterocycles. The summed E-state index contributed by atoms with van der Waals surface area (Å²) in [6, 6.07) is 4.85. The average molecular weight is 377 g/mol. The molecule has 3 rings (SSSR count). The van der Waals surface area contributed by atoms with Gasteiger partial charge in [0.1, 0.15) is 17.9 Å². The quantitative estimate of drug-likeness (QED) is 0.748. The van der Waals surface area contributed by atoms with Gasteiger partial charge in [-0.05, 0) is 43.9 Å². The summed E-state index contributed by atoms with van der Waals surface area (Å²) in [5.41, 5.74) is -0.462. The van der Waals surface area contributed by atoms with Gasteiger partial charge in [0.25, 0.3) is 5.91 Å². The molecular formula is C20H21F2NO4. The van der Waals surface area contributed by atoms with E-state index >= 15 is 0 Å². The molecule has 27 heavy (non-hydrogen) atoms. The van der Waals surface area contributed by atoms with E-state index in [0.717, 1.165) is 12.1 Å². The Morgan fingerprint density at radius 3 is 2.78 bits per heavy atom. The summed E-state index contributed by atoms with van der Waals surface area (Å²) in [5, 5.41) is 0. The van der Waals surface area contributed by atoms with Gasteiger partial charge in [0.05, 0.1) is 23.8 Å². The summed E-state index contributed by atoms with van der Waals surface area (Å²) in [7, 11) is 0. The zero-order valence-corrected chi connectivity index (χ0v) is 15.0. The largest absolute Gasteiger partial charge is 0.472 e. The molecular weight excluding hydrogens is 356 g/mol. The fourth-order valence-electron chi connectivity index (χ4n) is 3.57. The number of furan rings is 1. The summed E-state index contributed by atoms with van der Waals surface area (Å²) in [6.07, 6.45) is 3.82. The number of amides is 1. The maximum absolute atomic E-state index is 14.2. The lowest BCUT2D eigenvalue weighted by atomic mass is 9.74. The molecule has 1 fully saturated rings. The van der Waals surface area contributed by atoms with E-state index in [1.807, 2.05) is 0 Å². The number of esters is 1. The summed E-state index contributed by atoms with van der Waals surface area (Å²) in [6.45, 7) is 2.47. The van der Waals surface area contributed by atoms with Crippen LogP contribution in [-0.2, 0) is 16.0 Å². The van der Waals surface area contributed by atoms with Crippen molar-refractivity contribution in [2.75, 3.05) is 19.7 Å². The van der Waals surface area contributed by atoms with E-state index in [9.17, 15) is 18.4 Å². The van der Waals surface area contributed by atoms with Crippen molar-refractivity contribution in [2.45, 2.75) is 26.2 Å². The molecule has 5 nitrogen and oxygen atoms in total. The number of carbonyl (C=O) groups is 2. The molecule has 1 aliphatic heterocycles. The van der Waals surface area contributed by atoms with Crippen LogP contribution in [0.1, 0.15) is 35.7 Å². The second-order valence-electron chi connectivity index (χ2n) is 6.76. The minimum absolute atomic E-state index is 0.0348. The molecule has 0 radical (unpaired) electrons. The van der Waals surface area contributed by atoms with Gasteiger partial charge in [-0.3, -0.25) is 9.59 Å². The normalized spacial score (nSPS) is 19.7. The zero-order chi connectivity index (χ0) is 19.4. The molecule has 144 valence electrons. The van der Waals surface area contributed by atoms with Crippen LogP contribution in [0.15, 0.2) is 41.2 Å². The number of carbonyl (C=O) groups excluding carboxylic acids is 2. The Morgan fingerprint density at radius 2 is 2.11 bits per heavy atom. The lowest BCUT2D eigenvalue weighted by Crippen LogP contribution is -2.51. The number of rotatable bonds is 5. The molecule has 0 bridgehead atoms. The van der Waals surface area contributed by atoms with Crippen molar-refractivity contribution in [3.05, 3.63) is 59.6 Å². The molecule has 0 N–H and O–H groups in total. The molecule has 1 atom stereocenters. The maximum Gasteiger partial charge on any atom is 0.314 e. The van der Waals surface area contributed by atoms with E-state index in [2.05, 4.69) is 0 Å². The predicted octanol–water partition coefficient (Wildman–Crippen LogP) is 3.59. The number of likely N-dealkylation sites (tertiary alicyclic amines) is 1. The number of halogens is 2. The third-order valence-electron chi connectivity index (χ3n) is 4.88. The first-order chi connectivity index (χ1) is 12.9. The molecule has 1 amide bonds. The molecule has 0 spiro atoms. The van der Waals surface area contributed by atoms with Crippen LogP contribution >= 0.6 is 0 Å². The van der Waals surface area contributed by atoms with Crippen molar-refractivity contribution in [3.8, 4) is 0 Å². The molecule has 0 saturated carbocycles. The Labute approximate surface area is 155 Å². The van der Waals surface area contributed by atoms with E-state index < -0.39 is 23.0 Å². The van der Waals surface area contributed by atoms with Crippen molar-refractivity contribution in [3.63, 3.8) is 0 Å². The zero-order valence-electron chi connectivity index (χ0n) is 15.0. The third-order valence-corrected chi connectivity index (χ3v) is 4.88. The van der Waals surface area contributed by atoms with Gasteiger partial charge in [-0.15, -0.1) is 0 Å². The fourth-order valence-corrected chi connectivity index (χ4v) is 3.57. The van der Waals surface area contributed by atoms with Crippen LogP contribution in [0.4, 0.5) is 8.78 Å². The Hall–Kier alpha value is -2.70. The van der Waals surface area contributed by atoms with Crippen molar-refractivity contribution in [2.24, 2.45) is 5.41 Å². The highest BCUT2D eigenvalue weighted by atomic mass is 19.1. The highest BCUT2D eigenvalue weighted by Gasteiger charge is 2.45. The fraction of sp³-hybridized carbons (Fsp3) is 0.400. The van der Waals surface area contributed by atoms with Crippen LogP contribution in [0.25, 0.3) is 0 Å². The van der Waals surface area contributed by atoms with Crippen molar-refractivity contribution in [1.29, 1.82) is 0 Å². The minimum atomic E-state index is -1.08. The molecule has 1 aliphatic rings. The molecule has 1 saturated heterocycles. The molecule has 1 aromatic carbocycles. The van der Waals surface area contributed by atoms with Gasteiger partial charge >= 0.3 is 5.97 Å². The number of hydrogen-bond donors (Lipinski definition) is 0. The van der Waals surface area contributed by atoms with Crippen LogP contribution in [0.2, 0.25) is 0 Å². The van der Waals surface area contributed by atoms with E-state index in [1.54, 1.807) is 17.9 Å². The Bertz CT molecular complexity index is 821. The van der Waals surface area contributed by atoms with Crippen LogP contribution in [0.3, 0.4) is 0 Å². The SMILES string of the molecule is CCOC(=O)[C@]1(Cc2ccc(F)cc2F)CCCN(C(=O)c2ccoc2)C1. The first-order valence-electron chi connectivity index (χ1n) is 8.88. The first-order valence-corrected chi connectivity index (χ1v) is 8.88. The molecule has 2 aromatic rings. The molecule has 0 aliphatic carbocycles. The first kappa shape index (κ1) is 19.1. The van der Waals surface area contributed by atoms with Gasteiger partial charge in [-0.25, -0.2) is 8.78 Å². The van der Waals surface area contributed by atoms with Crippen LogP contribution in [0.5, 0.6) is 0 Å². The highest BCUT2D eigenvalue weighted by Crippen LogP contribution is 2.36. The minimum Gasteiger partial charge on any atom is -0.472 e. The van der Waals surface area contributed by atoms with E-state index in [0.29, 0.717) is 24.9 Å². The lowest BCUT2D eigenvalue weighted by Gasteiger charge is -2.41. The van der Waals surface area contributed by atoms with Crippen LogP contribution in [-0.4, -0.2) is 36.5 Å². The number of nitrogens with zero attached hydrogens (tertiary/aromatic N) is 1. The summed E-state index contributed by atoms with van der Waals surface area (Å²) < 4.78 is 37.7. The van der Waals surface area contributed by atoms with E-state index in [1.165, 1.54) is 18.6 Å². The van der Waals surface area contributed by atoms with E-state index in [4.69, 9.17) is 9.15 Å². The smallest absolute Gasteiger partial charge is 0.314 e. The lowest BCUT2D eigenvalue weighted by molar-refractivity contribution is -0.158. The second-order valence-corrected chi connectivity index (χ2v) is 6.76. The van der Waals surface area contributed by atoms with Gasteiger partial charge in [0.15, 0.2) is 0 Å². The highest BCUT2D eigenvalue weighted by molar-refractivity contribution is 5.94. The van der Waals surface area contributed by atoms with Gasteiger partial charge in [0.2, 0.25) is 0 Å². The number of ether oxygens (including phenoxy) is 1. The second kappa shape index (κ2) is 7.90. The summed E-state index contributed by atoms with van der Waals surface area (Å²) in [4.78, 5) is 27.0. The van der Waals surface area contributed by atoms with Crippen molar-refractivity contribution in [1.82, 2.24) is 4.90 Å². The predicted molar refractivity (Wildman–Crippen MR) is 93.0 cm³/mol. The molecule has 7 heteroatoms. The molecule has 2 heterocycles. The van der Waals surface area contributed by atoms with Crippen molar-refractivity contribution >= 4 is 11.9 Å². The van der Waals surface area contributed by atoms with Gasteiger partial charge in [0, 0.05) is 19.2 Å². The van der Waals surface area contributed by atoms with Gasteiger partial charge in [-0.2, -0.15) is 0 Å². The Kier molecular flexibility index (Phi) is 5.58. The third kappa shape index (κ3) is 4.02. The molecule has 0 unspecified atom stereocenters. The number of benzene rings is 1. The van der Waals surface area contributed by atoms with Crippen LogP contribution in [0, 0.1) is 17.0 Å².